The van der Waals surface area contributed by atoms with Crippen LogP contribution in [0.15, 0.2) is 60.2 Å². The lowest BCUT2D eigenvalue weighted by atomic mass is 10.1. The minimum absolute atomic E-state index is 0.225. The highest BCUT2D eigenvalue weighted by Crippen LogP contribution is 2.19. The summed E-state index contributed by atoms with van der Waals surface area (Å²) in [7, 11) is 0. The number of nitrogens with one attached hydrogen (secondary N) is 1. The Kier molecular flexibility index (Phi) is 6.19. The Balaban J connectivity index is 2.63. The van der Waals surface area contributed by atoms with Crippen molar-refractivity contribution in [2.75, 3.05) is 5.32 Å². The zero-order chi connectivity index (χ0) is 13.5. The van der Waals surface area contributed by atoms with Crippen molar-refractivity contribution in [3.8, 4) is 0 Å². The molecule has 18 heavy (non-hydrogen) atoms. The molecule has 0 saturated carbocycles. The third-order valence-electron chi connectivity index (χ3n) is 2.54. The maximum absolute atomic E-state index is 4.10. The van der Waals surface area contributed by atoms with Crippen molar-refractivity contribution in [2.24, 2.45) is 0 Å². The summed E-state index contributed by atoms with van der Waals surface area (Å²) in [5, 5.41) is 3.47. The Morgan fingerprint density at radius 1 is 1.33 bits per heavy atom. The van der Waals surface area contributed by atoms with E-state index in [2.05, 4.69) is 79.5 Å². The first-order valence-electron chi connectivity index (χ1n) is 6.02. The predicted octanol–water partition coefficient (Wildman–Crippen LogP) is 5.17. The Morgan fingerprint density at radius 3 is 2.61 bits per heavy atom. The second-order valence-electron chi connectivity index (χ2n) is 4.52. The number of rotatable bonds is 5. The molecule has 1 unspecified atom stereocenters. The molecule has 0 heterocycles. The van der Waals surface area contributed by atoms with Crippen LogP contribution >= 0.6 is 22.6 Å². The molecule has 0 aromatic heterocycles. The van der Waals surface area contributed by atoms with Gasteiger partial charge >= 0.3 is 0 Å². The van der Waals surface area contributed by atoms with Gasteiger partial charge in [-0.2, -0.15) is 0 Å². The zero-order valence-corrected chi connectivity index (χ0v) is 13.4. The van der Waals surface area contributed by atoms with Crippen LogP contribution < -0.4 is 5.32 Å². The molecule has 2 heteroatoms. The number of hydrogen-bond acceptors (Lipinski definition) is 1. The van der Waals surface area contributed by atoms with Gasteiger partial charge in [0, 0.05) is 15.3 Å². The van der Waals surface area contributed by atoms with Gasteiger partial charge in [0.05, 0.1) is 0 Å². The van der Waals surface area contributed by atoms with Gasteiger partial charge in [0.15, 0.2) is 0 Å². The molecule has 0 radical (unpaired) electrons. The topological polar surface area (TPSA) is 12.0 Å². The molecule has 96 valence electrons. The fraction of sp³-hybridized carbons (Fsp3) is 0.250. The first kappa shape index (κ1) is 15.0. The number of anilines is 1. The number of halogens is 1. The van der Waals surface area contributed by atoms with E-state index >= 15 is 0 Å². The van der Waals surface area contributed by atoms with Crippen LogP contribution in [0, 0.1) is 3.57 Å². The number of para-hydroxylation sites is 1. The van der Waals surface area contributed by atoms with Gasteiger partial charge < -0.3 is 5.32 Å². The molecule has 0 amide bonds. The molecule has 0 spiro atoms. The highest BCUT2D eigenvalue weighted by Gasteiger charge is 2.05. The molecular weight excluding hydrogens is 333 g/mol. The quantitative estimate of drug-likeness (QED) is 0.569. The second kappa shape index (κ2) is 7.41. The summed E-state index contributed by atoms with van der Waals surface area (Å²) in [5.41, 5.74) is 3.52. The SMILES string of the molecule is C=C(/C=C/C=C(C)C)C(C)Nc1ccccc1I. The fourth-order valence-corrected chi connectivity index (χ4v) is 1.96. The van der Waals surface area contributed by atoms with Gasteiger partial charge in [0.2, 0.25) is 0 Å². The van der Waals surface area contributed by atoms with E-state index in [1.165, 1.54) is 9.14 Å². The van der Waals surface area contributed by atoms with Crippen molar-refractivity contribution in [3.05, 3.63) is 63.8 Å². The smallest absolute Gasteiger partial charge is 0.0480 e. The summed E-state index contributed by atoms with van der Waals surface area (Å²) < 4.78 is 1.23. The van der Waals surface area contributed by atoms with Crippen LogP contribution in [0.5, 0.6) is 0 Å². The molecular formula is C16H20IN. The largest absolute Gasteiger partial charge is 0.378 e. The van der Waals surface area contributed by atoms with E-state index in [0.29, 0.717) is 0 Å². The van der Waals surface area contributed by atoms with E-state index in [1.807, 2.05) is 18.2 Å². The Bertz CT molecular complexity index is 468. The van der Waals surface area contributed by atoms with E-state index in [9.17, 15) is 0 Å². The average Bonchev–Trinajstić information content (AvgIpc) is 2.31. The summed E-state index contributed by atoms with van der Waals surface area (Å²) in [6, 6.07) is 8.49. The third kappa shape index (κ3) is 5.08. The summed E-state index contributed by atoms with van der Waals surface area (Å²) >= 11 is 2.33. The molecule has 0 aliphatic rings. The fourth-order valence-electron chi connectivity index (χ4n) is 1.41. The van der Waals surface area contributed by atoms with Crippen molar-refractivity contribution >= 4 is 28.3 Å². The standard InChI is InChI=1S/C16H20IN/c1-12(2)8-7-9-13(3)14(4)18-16-11-6-5-10-15(16)17/h5-11,14,18H,3H2,1-2,4H3/b9-7+. The maximum Gasteiger partial charge on any atom is 0.0480 e. The molecule has 0 saturated heterocycles. The van der Waals surface area contributed by atoms with Crippen LogP contribution in [0.2, 0.25) is 0 Å². The first-order chi connectivity index (χ1) is 8.50. The normalized spacial score (nSPS) is 12.2. The lowest BCUT2D eigenvalue weighted by Crippen LogP contribution is -2.16. The summed E-state index contributed by atoms with van der Waals surface area (Å²) in [6.07, 6.45) is 6.19. The van der Waals surface area contributed by atoms with Gasteiger partial charge in [0.1, 0.15) is 0 Å². The van der Waals surface area contributed by atoms with E-state index < -0.39 is 0 Å². The van der Waals surface area contributed by atoms with Gasteiger partial charge in [-0.05, 0) is 61.1 Å². The molecule has 1 rings (SSSR count). The molecule has 1 aromatic carbocycles. The van der Waals surface area contributed by atoms with Gasteiger partial charge in [-0.15, -0.1) is 0 Å². The summed E-state index contributed by atoms with van der Waals surface area (Å²) in [6.45, 7) is 10.4. The molecule has 1 nitrogen and oxygen atoms in total. The molecule has 0 bridgehead atoms. The number of benzene rings is 1. The second-order valence-corrected chi connectivity index (χ2v) is 5.69. The van der Waals surface area contributed by atoms with Crippen LogP contribution in [0.4, 0.5) is 5.69 Å². The van der Waals surface area contributed by atoms with Gasteiger partial charge in [0.25, 0.3) is 0 Å². The Hall–Kier alpha value is -1.03. The molecule has 1 atom stereocenters. The van der Waals surface area contributed by atoms with Crippen LogP contribution in [0.1, 0.15) is 20.8 Å². The minimum Gasteiger partial charge on any atom is -0.378 e. The maximum atomic E-state index is 4.10. The third-order valence-corrected chi connectivity index (χ3v) is 3.48. The van der Waals surface area contributed by atoms with Crippen molar-refractivity contribution < 1.29 is 0 Å². The molecule has 1 N–H and O–H groups in total. The van der Waals surface area contributed by atoms with Crippen molar-refractivity contribution in [2.45, 2.75) is 26.8 Å². The van der Waals surface area contributed by atoms with Crippen LogP contribution in [-0.2, 0) is 0 Å². The zero-order valence-electron chi connectivity index (χ0n) is 11.2. The number of hydrogen-bond donors (Lipinski definition) is 1. The van der Waals surface area contributed by atoms with Crippen LogP contribution in [0.25, 0.3) is 0 Å². The van der Waals surface area contributed by atoms with E-state index in [1.54, 1.807) is 0 Å². The van der Waals surface area contributed by atoms with Crippen molar-refractivity contribution in [3.63, 3.8) is 0 Å². The van der Waals surface area contributed by atoms with Crippen LogP contribution in [0.3, 0.4) is 0 Å². The van der Waals surface area contributed by atoms with E-state index in [-0.39, 0.29) is 6.04 Å². The first-order valence-corrected chi connectivity index (χ1v) is 7.10. The number of allylic oxidation sites excluding steroid dienone is 3. The molecule has 0 aliphatic heterocycles. The summed E-state index contributed by atoms with van der Waals surface area (Å²) in [5.74, 6) is 0. The van der Waals surface area contributed by atoms with Gasteiger partial charge in [-0.1, -0.05) is 42.5 Å². The monoisotopic (exact) mass is 353 g/mol. The average molecular weight is 353 g/mol. The van der Waals surface area contributed by atoms with Crippen molar-refractivity contribution in [1.82, 2.24) is 0 Å². The molecule has 0 aliphatic carbocycles. The molecule has 1 aromatic rings. The molecule has 0 fully saturated rings. The Labute approximate surface area is 124 Å². The van der Waals surface area contributed by atoms with Gasteiger partial charge in [-0.3, -0.25) is 0 Å². The van der Waals surface area contributed by atoms with E-state index in [0.717, 1.165) is 11.3 Å². The van der Waals surface area contributed by atoms with Crippen LogP contribution in [-0.4, -0.2) is 6.04 Å². The summed E-state index contributed by atoms with van der Waals surface area (Å²) in [4.78, 5) is 0. The van der Waals surface area contributed by atoms with Crippen molar-refractivity contribution in [1.29, 1.82) is 0 Å². The lowest BCUT2D eigenvalue weighted by Gasteiger charge is -2.16. The minimum atomic E-state index is 0.225. The van der Waals surface area contributed by atoms with E-state index in [4.69, 9.17) is 0 Å². The Morgan fingerprint density at radius 2 is 2.00 bits per heavy atom. The predicted molar refractivity (Wildman–Crippen MR) is 90.0 cm³/mol. The highest BCUT2D eigenvalue weighted by atomic mass is 127. The highest BCUT2D eigenvalue weighted by molar-refractivity contribution is 14.1. The lowest BCUT2D eigenvalue weighted by molar-refractivity contribution is 0.955. The van der Waals surface area contributed by atoms with Gasteiger partial charge in [-0.25, -0.2) is 0 Å².